The molecule has 1 N–H and O–H groups in total. The molecule has 0 amide bonds. The van der Waals surface area contributed by atoms with Gasteiger partial charge in [0, 0.05) is 11.6 Å². The number of sulfonamides is 1. The minimum Gasteiger partial charge on any atom is -0.379 e. The van der Waals surface area contributed by atoms with E-state index in [4.69, 9.17) is 23.2 Å². The van der Waals surface area contributed by atoms with Gasteiger partial charge in [-0.25, -0.2) is 8.42 Å². The Morgan fingerprint density at radius 3 is 2.03 bits per heavy atom. The summed E-state index contributed by atoms with van der Waals surface area (Å²) in [5.74, 6) is 0. The lowest BCUT2D eigenvalue weighted by molar-refractivity contribution is 0.0204. The van der Waals surface area contributed by atoms with E-state index in [0.29, 0.717) is 24.0 Å². The van der Waals surface area contributed by atoms with Crippen LogP contribution in [0.5, 0.6) is 0 Å². The van der Waals surface area contributed by atoms with Gasteiger partial charge in [-0.05, 0) is 42.2 Å². The number of hydrogen-bond donors (Lipinski definition) is 1. The van der Waals surface area contributed by atoms with Crippen molar-refractivity contribution in [3.8, 4) is 0 Å². The molecule has 0 unspecified atom stereocenters. The largest absolute Gasteiger partial charge is 0.379 e. The van der Waals surface area contributed by atoms with Crippen LogP contribution in [0.1, 0.15) is 24.0 Å². The van der Waals surface area contributed by atoms with Crippen LogP contribution in [0.2, 0.25) is 10.0 Å². The number of benzene rings is 3. The van der Waals surface area contributed by atoms with Crippen LogP contribution >= 0.6 is 23.2 Å². The van der Waals surface area contributed by atoms with Gasteiger partial charge >= 0.3 is 0 Å². The van der Waals surface area contributed by atoms with E-state index < -0.39 is 21.7 Å². The Bertz CT molecular complexity index is 1100. The lowest BCUT2D eigenvalue weighted by Crippen LogP contribution is -2.50. The molecular formula is C23H21Cl2NO3S. The lowest BCUT2D eigenvalue weighted by Gasteiger charge is -2.39. The van der Waals surface area contributed by atoms with Crippen molar-refractivity contribution in [3.05, 3.63) is 100 Å². The number of halogens is 2. The number of hydrogen-bond acceptors (Lipinski definition) is 3. The zero-order chi connectivity index (χ0) is 21.4. The molecule has 1 heterocycles. The highest BCUT2D eigenvalue weighted by Gasteiger charge is 2.49. The van der Waals surface area contributed by atoms with Gasteiger partial charge in [-0.3, -0.25) is 0 Å². The molecule has 4 rings (SSSR count). The predicted molar refractivity (Wildman–Crippen MR) is 119 cm³/mol. The third-order valence-corrected chi connectivity index (χ3v) is 8.22. The zero-order valence-electron chi connectivity index (χ0n) is 16.1. The molecule has 1 aliphatic heterocycles. The van der Waals surface area contributed by atoms with Gasteiger partial charge in [-0.2, -0.15) is 4.31 Å². The molecule has 0 saturated carbocycles. The van der Waals surface area contributed by atoms with Crippen LogP contribution in [0.25, 0.3) is 0 Å². The van der Waals surface area contributed by atoms with Gasteiger partial charge in [0.1, 0.15) is 10.5 Å². The molecule has 1 aliphatic rings. The Hall–Kier alpha value is -1.89. The SMILES string of the molecule is O=S(=O)(c1cc(Cl)ccc1Cl)N1CCC[C@H]1C(O)(c1ccccc1)c1ccccc1. The van der Waals surface area contributed by atoms with E-state index in [-0.39, 0.29) is 21.5 Å². The van der Waals surface area contributed by atoms with E-state index in [1.807, 2.05) is 60.7 Å². The monoisotopic (exact) mass is 461 g/mol. The summed E-state index contributed by atoms with van der Waals surface area (Å²) in [5, 5.41) is 12.5. The molecule has 156 valence electrons. The van der Waals surface area contributed by atoms with E-state index in [1.54, 1.807) is 6.07 Å². The minimum absolute atomic E-state index is 0.0490. The number of rotatable bonds is 5. The molecular weight excluding hydrogens is 441 g/mol. The van der Waals surface area contributed by atoms with Crippen LogP contribution in [0.4, 0.5) is 0 Å². The molecule has 0 aromatic heterocycles. The molecule has 0 bridgehead atoms. The average Bonchev–Trinajstić information content (AvgIpc) is 3.27. The molecule has 0 aliphatic carbocycles. The van der Waals surface area contributed by atoms with Crippen molar-refractivity contribution in [2.45, 2.75) is 29.4 Å². The molecule has 1 fully saturated rings. The highest BCUT2D eigenvalue weighted by molar-refractivity contribution is 7.89. The maximum Gasteiger partial charge on any atom is 0.244 e. The summed E-state index contributed by atoms with van der Waals surface area (Å²) in [6.45, 7) is 0.290. The summed E-state index contributed by atoms with van der Waals surface area (Å²) in [5.41, 5.74) is -0.238. The van der Waals surface area contributed by atoms with Crippen LogP contribution in [0.3, 0.4) is 0 Å². The van der Waals surface area contributed by atoms with Crippen molar-refractivity contribution >= 4 is 33.2 Å². The van der Waals surface area contributed by atoms with Crippen molar-refractivity contribution in [1.82, 2.24) is 4.31 Å². The first-order valence-corrected chi connectivity index (χ1v) is 11.8. The standard InChI is InChI=1S/C23H21Cl2NO3S/c24-19-13-14-20(25)21(16-19)30(28,29)26-15-7-12-22(26)23(27,17-8-3-1-4-9-17)18-10-5-2-6-11-18/h1-6,8-11,13-14,16,22,27H,7,12,15H2/t22-/m0/s1. The summed E-state index contributed by atoms with van der Waals surface area (Å²) in [6, 6.07) is 22.1. The molecule has 0 spiro atoms. The van der Waals surface area contributed by atoms with E-state index in [0.717, 1.165) is 0 Å². The normalized spacial score (nSPS) is 17.9. The van der Waals surface area contributed by atoms with Crippen molar-refractivity contribution in [2.75, 3.05) is 6.54 Å². The molecule has 1 atom stereocenters. The Kier molecular flexibility index (Phi) is 5.93. The van der Waals surface area contributed by atoms with Gasteiger partial charge < -0.3 is 5.11 Å². The van der Waals surface area contributed by atoms with E-state index >= 15 is 0 Å². The highest BCUT2D eigenvalue weighted by Crippen LogP contribution is 2.43. The molecule has 7 heteroatoms. The fourth-order valence-corrected chi connectivity index (χ4v) is 6.63. The van der Waals surface area contributed by atoms with Gasteiger partial charge in [0.15, 0.2) is 0 Å². The fraction of sp³-hybridized carbons (Fsp3) is 0.217. The van der Waals surface area contributed by atoms with Crippen molar-refractivity contribution in [2.24, 2.45) is 0 Å². The predicted octanol–water partition coefficient (Wildman–Crippen LogP) is 5.08. The smallest absolute Gasteiger partial charge is 0.244 e. The zero-order valence-corrected chi connectivity index (χ0v) is 18.4. The Morgan fingerprint density at radius 2 is 1.47 bits per heavy atom. The highest BCUT2D eigenvalue weighted by atomic mass is 35.5. The molecule has 4 nitrogen and oxygen atoms in total. The maximum atomic E-state index is 13.6. The van der Waals surface area contributed by atoms with Gasteiger partial charge in [0.2, 0.25) is 10.0 Å². The third kappa shape index (κ3) is 3.66. The Labute approximate surface area is 186 Å². The summed E-state index contributed by atoms with van der Waals surface area (Å²) in [7, 11) is -3.98. The van der Waals surface area contributed by atoms with Crippen molar-refractivity contribution in [1.29, 1.82) is 0 Å². The fourth-order valence-electron chi connectivity index (χ4n) is 4.18. The second kappa shape index (κ2) is 8.33. The molecule has 0 radical (unpaired) electrons. The molecule has 30 heavy (non-hydrogen) atoms. The van der Waals surface area contributed by atoms with Crippen molar-refractivity contribution < 1.29 is 13.5 Å². The second-order valence-corrected chi connectivity index (χ2v) is 10.0. The number of nitrogens with zero attached hydrogens (tertiary/aromatic N) is 1. The van der Waals surface area contributed by atoms with Gasteiger partial charge in [0.05, 0.1) is 11.1 Å². The Balaban J connectivity index is 1.87. The summed E-state index contributed by atoms with van der Waals surface area (Å²) < 4.78 is 28.6. The van der Waals surface area contributed by atoms with Crippen LogP contribution in [0.15, 0.2) is 83.8 Å². The van der Waals surface area contributed by atoms with Gasteiger partial charge in [-0.1, -0.05) is 83.9 Å². The topological polar surface area (TPSA) is 57.6 Å². The summed E-state index contributed by atoms with van der Waals surface area (Å²) >= 11 is 12.3. The molecule has 1 saturated heterocycles. The van der Waals surface area contributed by atoms with Gasteiger partial charge in [-0.15, -0.1) is 0 Å². The summed E-state index contributed by atoms with van der Waals surface area (Å²) in [6.07, 6.45) is 1.14. The molecule has 3 aromatic carbocycles. The first kappa shape index (κ1) is 21.3. The average molecular weight is 462 g/mol. The number of aliphatic hydroxyl groups is 1. The van der Waals surface area contributed by atoms with Gasteiger partial charge in [0.25, 0.3) is 0 Å². The van der Waals surface area contributed by atoms with Crippen LogP contribution in [-0.2, 0) is 15.6 Å². The first-order valence-electron chi connectivity index (χ1n) is 9.65. The summed E-state index contributed by atoms with van der Waals surface area (Å²) in [4.78, 5) is -0.0490. The minimum atomic E-state index is -3.98. The molecule has 3 aromatic rings. The second-order valence-electron chi connectivity index (χ2n) is 7.35. The van der Waals surface area contributed by atoms with Crippen molar-refractivity contribution in [3.63, 3.8) is 0 Å². The first-order chi connectivity index (χ1) is 14.3. The van der Waals surface area contributed by atoms with Crippen LogP contribution in [0, 0.1) is 0 Å². The van der Waals surface area contributed by atoms with E-state index in [1.165, 1.54) is 16.4 Å². The van der Waals surface area contributed by atoms with E-state index in [2.05, 4.69) is 0 Å². The quantitative estimate of drug-likeness (QED) is 0.575. The van der Waals surface area contributed by atoms with Crippen LogP contribution in [-0.4, -0.2) is 30.4 Å². The van der Waals surface area contributed by atoms with E-state index in [9.17, 15) is 13.5 Å². The lowest BCUT2D eigenvalue weighted by atomic mass is 9.79. The maximum absolute atomic E-state index is 13.6. The Morgan fingerprint density at radius 1 is 0.900 bits per heavy atom. The van der Waals surface area contributed by atoms with Crippen LogP contribution < -0.4 is 0 Å². The third-order valence-electron chi connectivity index (χ3n) is 5.59.